The number of aromatic nitrogens is 2. The third-order valence-electron chi connectivity index (χ3n) is 2.33. The number of carbonyl (C=O) groups is 1. The molecule has 0 aromatic carbocycles. The number of esters is 1. The first-order valence-corrected chi connectivity index (χ1v) is 6.11. The van der Waals surface area contributed by atoms with Crippen LogP contribution in [-0.2, 0) is 16.0 Å². The molecule has 2 heterocycles. The van der Waals surface area contributed by atoms with E-state index in [1.54, 1.807) is 6.92 Å². The van der Waals surface area contributed by atoms with E-state index in [2.05, 4.69) is 4.98 Å². The van der Waals surface area contributed by atoms with Gasteiger partial charge in [0.25, 0.3) is 5.56 Å². The number of rotatable bonds is 3. The van der Waals surface area contributed by atoms with E-state index in [4.69, 9.17) is 4.74 Å². The van der Waals surface area contributed by atoms with E-state index >= 15 is 0 Å². The summed E-state index contributed by atoms with van der Waals surface area (Å²) in [5.74, 6) is -0.403. The van der Waals surface area contributed by atoms with Crippen molar-refractivity contribution in [2.75, 3.05) is 6.61 Å². The lowest BCUT2D eigenvalue weighted by Crippen LogP contribution is -2.22. The number of fused-ring (bicyclic) bond motifs is 1. The summed E-state index contributed by atoms with van der Waals surface area (Å²) in [6.45, 7) is 3.88. The number of ether oxygens (including phenoxy) is 1. The van der Waals surface area contributed by atoms with Crippen molar-refractivity contribution >= 4 is 22.3 Å². The number of carbonyl (C=O) groups excluding carboxylic acids is 1. The Labute approximate surface area is 102 Å². The second-order valence-corrected chi connectivity index (χ2v) is 4.40. The lowest BCUT2D eigenvalue weighted by Gasteiger charge is -2.02. The van der Waals surface area contributed by atoms with Crippen molar-refractivity contribution in [1.82, 2.24) is 9.38 Å². The first-order chi connectivity index (χ1) is 8.13. The molecule has 0 unspecified atom stereocenters. The van der Waals surface area contributed by atoms with Crippen molar-refractivity contribution in [3.8, 4) is 0 Å². The summed E-state index contributed by atoms with van der Waals surface area (Å²) in [5, 5.41) is 1.86. The second-order valence-electron chi connectivity index (χ2n) is 3.57. The predicted octanol–water partition coefficient (Wildman–Crippen LogP) is 1.17. The maximum absolute atomic E-state index is 12.1. The lowest BCUT2D eigenvalue weighted by molar-refractivity contribution is -0.142. The van der Waals surface area contributed by atoms with Crippen LogP contribution in [0.15, 0.2) is 16.4 Å². The zero-order valence-electron chi connectivity index (χ0n) is 9.60. The molecule has 2 aromatic heterocycles. The molecule has 0 aliphatic heterocycles. The van der Waals surface area contributed by atoms with E-state index < -0.39 is 5.97 Å². The number of aryl methyl sites for hydroxylation is 1. The molecule has 0 bridgehead atoms. The third-order valence-corrected chi connectivity index (χ3v) is 3.29. The Hall–Kier alpha value is -1.69. The van der Waals surface area contributed by atoms with Crippen LogP contribution in [-0.4, -0.2) is 22.0 Å². The summed E-state index contributed by atoms with van der Waals surface area (Å²) in [5.41, 5.74) is 0.998. The van der Waals surface area contributed by atoms with Crippen LogP contribution in [0.4, 0.5) is 0 Å². The molecule has 0 atom stereocenters. The Morgan fingerprint density at radius 2 is 2.35 bits per heavy atom. The van der Waals surface area contributed by atoms with Crippen LogP contribution in [0.3, 0.4) is 0 Å². The fraction of sp³-hybridized carbons (Fsp3) is 0.364. The first-order valence-electron chi connectivity index (χ1n) is 5.24. The van der Waals surface area contributed by atoms with Gasteiger partial charge in [-0.1, -0.05) is 0 Å². The minimum Gasteiger partial charge on any atom is -0.466 e. The van der Waals surface area contributed by atoms with Crippen LogP contribution in [0, 0.1) is 6.92 Å². The van der Waals surface area contributed by atoms with Gasteiger partial charge >= 0.3 is 5.97 Å². The van der Waals surface area contributed by atoms with Gasteiger partial charge in [-0.3, -0.25) is 14.0 Å². The molecule has 5 nitrogen and oxygen atoms in total. The van der Waals surface area contributed by atoms with Crippen molar-refractivity contribution in [2.45, 2.75) is 20.3 Å². The summed E-state index contributed by atoms with van der Waals surface area (Å²) in [4.78, 5) is 28.2. The highest BCUT2D eigenvalue weighted by atomic mass is 32.1. The van der Waals surface area contributed by atoms with Gasteiger partial charge in [0.15, 0.2) is 4.96 Å². The van der Waals surface area contributed by atoms with E-state index in [-0.39, 0.29) is 12.0 Å². The van der Waals surface area contributed by atoms with Gasteiger partial charge in [0.2, 0.25) is 0 Å². The van der Waals surface area contributed by atoms with Crippen molar-refractivity contribution in [3.63, 3.8) is 0 Å². The largest absolute Gasteiger partial charge is 0.466 e. The van der Waals surface area contributed by atoms with Crippen molar-refractivity contribution in [2.24, 2.45) is 0 Å². The van der Waals surface area contributed by atoms with Crippen LogP contribution >= 0.6 is 11.3 Å². The highest BCUT2D eigenvalue weighted by Crippen LogP contribution is 2.11. The third kappa shape index (κ3) is 2.21. The fourth-order valence-electron chi connectivity index (χ4n) is 1.55. The summed E-state index contributed by atoms with van der Waals surface area (Å²) in [6, 6.07) is 0. The predicted molar refractivity (Wildman–Crippen MR) is 64.4 cm³/mol. The Balaban J connectivity index is 2.42. The van der Waals surface area contributed by atoms with Crippen LogP contribution in [0.5, 0.6) is 0 Å². The number of nitrogens with zero attached hydrogens (tertiary/aromatic N) is 2. The molecule has 0 spiro atoms. The SMILES string of the molecule is CCOC(=O)Cc1cnc2scc(C)n2c1=O. The second kappa shape index (κ2) is 4.67. The molecule has 2 aromatic rings. The monoisotopic (exact) mass is 252 g/mol. The van der Waals surface area contributed by atoms with E-state index in [0.717, 1.165) is 5.69 Å². The normalized spacial score (nSPS) is 10.7. The van der Waals surface area contributed by atoms with Gasteiger partial charge in [0.1, 0.15) is 0 Å². The van der Waals surface area contributed by atoms with E-state index in [0.29, 0.717) is 17.1 Å². The van der Waals surface area contributed by atoms with Gasteiger partial charge in [-0.2, -0.15) is 0 Å². The van der Waals surface area contributed by atoms with Gasteiger partial charge in [0, 0.05) is 22.8 Å². The number of hydrogen-bond acceptors (Lipinski definition) is 5. The maximum Gasteiger partial charge on any atom is 0.310 e. The standard InChI is InChI=1S/C11H12N2O3S/c1-3-16-9(14)4-8-5-12-11-13(10(8)15)7(2)6-17-11/h5-6H,3-4H2,1-2H3. The quantitative estimate of drug-likeness (QED) is 0.769. The van der Waals surface area contributed by atoms with Crippen LogP contribution in [0.2, 0.25) is 0 Å². The minimum atomic E-state index is -0.403. The highest BCUT2D eigenvalue weighted by molar-refractivity contribution is 7.15. The molecule has 0 N–H and O–H groups in total. The number of hydrogen-bond donors (Lipinski definition) is 0. The van der Waals surface area contributed by atoms with Gasteiger partial charge in [-0.15, -0.1) is 11.3 Å². The summed E-state index contributed by atoms with van der Waals surface area (Å²) < 4.78 is 6.33. The molecule has 90 valence electrons. The van der Waals surface area contributed by atoms with Crippen molar-refractivity contribution in [3.05, 3.63) is 33.2 Å². The fourth-order valence-corrected chi connectivity index (χ4v) is 2.38. The smallest absolute Gasteiger partial charge is 0.310 e. The molecule has 0 radical (unpaired) electrons. The average molecular weight is 252 g/mol. The Morgan fingerprint density at radius 1 is 1.59 bits per heavy atom. The Kier molecular flexibility index (Phi) is 3.23. The highest BCUT2D eigenvalue weighted by Gasteiger charge is 2.12. The van der Waals surface area contributed by atoms with E-state index in [1.807, 2.05) is 12.3 Å². The molecule has 0 saturated heterocycles. The topological polar surface area (TPSA) is 60.7 Å². The molecule has 0 amide bonds. The van der Waals surface area contributed by atoms with Crippen LogP contribution in [0.1, 0.15) is 18.2 Å². The molecule has 17 heavy (non-hydrogen) atoms. The average Bonchev–Trinajstić information content (AvgIpc) is 2.65. The van der Waals surface area contributed by atoms with Gasteiger partial charge in [-0.05, 0) is 13.8 Å². The van der Waals surface area contributed by atoms with Gasteiger partial charge in [0.05, 0.1) is 13.0 Å². The summed E-state index contributed by atoms with van der Waals surface area (Å²) >= 11 is 1.40. The number of thiazole rings is 1. The molecular formula is C11H12N2O3S. The molecule has 0 aliphatic carbocycles. The molecule has 0 fully saturated rings. The minimum absolute atomic E-state index is 0.0299. The molecule has 6 heteroatoms. The molecule has 2 rings (SSSR count). The summed E-state index contributed by atoms with van der Waals surface area (Å²) in [7, 11) is 0. The first kappa shape index (κ1) is 11.8. The maximum atomic E-state index is 12.1. The van der Waals surface area contributed by atoms with Crippen molar-refractivity contribution in [1.29, 1.82) is 0 Å². The van der Waals surface area contributed by atoms with E-state index in [1.165, 1.54) is 21.9 Å². The molecular weight excluding hydrogens is 240 g/mol. The van der Waals surface area contributed by atoms with Gasteiger partial charge in [-0.25, -0.2) is 4.98 Å². The molecule has 0 saturated carbocycles. The molecule has 0 aliphatic rings. The van der Waals surface area contributed by atoms with E-state index in [9.17, 15) is 9.59 Å². The Morgan fingerprint density at radius 3 is 3.06 bits per heavy atom. The van der Waals surface area contributed by atoms with Crippen molar-refractivity contribution < 1.29 is 9.53 Å². The van der Waals surface area contributed by atoms with Crippen LogP contribution in [0.25, 0.3) is 4.96 Å². The van der Waals surface area contributed by atoms with Crippen LogP contribution < -0.4 is 5.56 Å². The lowest BCUT2D eigenvalue weighted by atomic mass is 10.2. The zero-order chi connectivity index (χ0) is 12.4. The van der Waals surface area contributed by atoms with Gasteiger partial charge < -0.3 is 4.74 Å². The zero-order valence-corrected chi connectivity index (χ0v) is 10.4. The Bertz CT molecular complexity index is 615. The summed E-state index contributed by atoms with van der Waals surface area (Å²) in [6.07, 6.45) is 1.42.